The fraction of sp³-hybridized carbons (Fsp3) is 0.650. The Morgan fingerprint density at radius 1 is 0.960 bits per heavy atom. The monoisotopic (exact) mass is 363 g/mol. The van der Waals surface area contributed by atoms with Crippen LogP contribution in [0.15, 0.2) is 24.4 Å². The highest BCUT2D eigenvalue weighted by molar-refractivity contribution is 7.80. The zero-order valence-corrected chi connectivity index (χ0v) is 16.4. The summed E-state index contributed by atoms with van der Waals surface area (Å²) in [5.74, 6) is 0.617. The number of nitrogens with zero attached hydrogens (tertiary/aromatic N) is 1. The summed E-state index contributed by atoms with van der Waals surface area (Å²) in [6.45, 7) is 2.25. The maximum absolute atomic E-state index is 11.8. The second-order valence-corrected chi connectivity index (χ2v) is 6.91. The van der Waals surface area contributed by atoms with Crippen LogP contribution in [0.3, 0.4) is 0 Å². The number of carbonyl (C=O) groups excluding carboxylic acids is 1. The molecule has 5 heteroatoms. The van der Waals surface area contributed by atoms with Gasteiger partial charge in [-0.05, 0) is 30.8 Å². The Balaban J connectivity index is 1.92. The van der Waals surface area contributed by atoms with Gasteiger partial charge in [-0.2, -0.15) is 0 Å². The summed E-state index contributed by atoms with van der Waals surface area (Å²) in [7, 11) is 0. The Hall–Kier alpha value is -1.49. The van der Waals surface area contributed by atoms with E-state index in [4.69, 9.17) is 12.2 Å². The van der Waals surface area contributed by atoms with Gasteiger partial charge in [0.15, 0.2) is 5.11 Å². The number of hydrogen-bond acceptors (Lipinski definition) is 3. The van der Waals surface area contributed by atoms with E-state index in [9.17, 15) is 4.79 Å². The number of anilines is 1. The molecule has 1 aromatic heterocycles. The van der Waals surface area contributed by atoms with Gasteiger partial charge in [0.2, 0.25) is 5.91 Å². The van der Waals surface area contributed by atoms with Crippen LogP contribution in [-0.2, 0) is 4.79 Å². The van der Waals surface area contributed by atoms with Crippen molar-refractivity contribution in [2.75, 3.05) is 5.32 Å². The van der Waals surface area contributed by atoms with Crippen molar-refractivity contribution in [1.29, 1.82) is 0 Å². The molecule has 0 fully saturated rings. The van der Waals surface area contributed by atoms with Gasteiger partial charge in [0, 0.05) is 12.6 Å². The first-order valence-corrected chi connectivity index (χ1v) is 10.1. The molecule has 0 bridgehead atoms. The number of amides is 1. The van der Waals surface area contributed by atoms with Crippen LogP contribution in [0.1, 0.15) is 84.0 Å². The predicted octanol–water partition coefficient (Wildman–Crippen LogP) is 5.60. The number of hydrogen-bond donors (Lipinski definition) is 2. The molecular formula is C20H33N3OS. The van der Waals surface area contributed by atoms with E-state index in [1.54, 1.807) is 6.20 Å². The zero-order valence-electron chi connectivity index (χ0n) is 15.6. The third-order valence-corrected chi connectivity index (χ3v) is 4.37. The average molecular weight is 364 g/mol. The van der Waals surface area contributed by atoms with Gasteiger partial charge in [-0.25, -0.2) is 4.98 Å². The first-order chi connectivity index (χ1) is 12.2. The SMILES string of the molecule is CCCCCCCCCCCCCC(=O)NC(=S)Nc1ccccn1. The quantitative estimate of drug-likeness (QED) is 0.354. The standard InChI is InChI=1S/C20H33N3OS/c1-2-3-4-5-6-7-8-9-10-11-12-16-19(24)23-20(25)22-18-15-13-14-17-21-18/h13-15,17H,2-12,16H2,1H3,(H2,21,22,23,24,25). The van der Waals surface area contributed by atoms with Gasteiger partial charge in [0.05, 0.1) is 0 Å². The van der Waals surface area contributed by atoms with E-state index in [1.165, 1.54) is 57.8 Å². The van der Waals surface area contributed by atoms with Gasteiger partial charge in [-0.1, -0.05) is 77.2 Å². The first-order valence-electron chi connectivity index (χ1n) is 9.74. The van der Waals surface area contributed by atoms with Gasteiger partial charge in [-0.3, -0.25) is 4.79 Å². The summed E-state index contributed by atoms with van der Waals surface area (Å²) in [5.41, 5.74) is 0. The summed E-state index contributed by atoms with van der Waals surface area (Å²) in [4.78, 5) is 16.0. The van der Waals surface area contributed by atoms with Crippen molar-refractivity contribution in [3.05, 3.63) is 24.4 Å². The molecule has 1 aromatic rings. The minimum atomic E-state index is -0.0237. The lowest BCUT2D eigenvalue weighted by molar-refractivity contribution is -0.119. The van der Waals surface area contributed by atoms with Crippen LogP contribution in [0, 0.1) is 0 Å². The number of carbonyl (C=O) groups is 1. The molecule has 0 radical (unpaired) electrons. The first kappa shape index (κ1) is 21.6. The summed E-state index contributed by atoms with van der Waals surface area (Å²) >= 11 is 5.12. The van der Waals surface area contributed by atoms with E-state index in [0.29, 0.717) is 17.4 Å². The van der Waals surface area contributed by atoms with Crippen LogP contribution in [0.4, 0.5) is 5.82 Å². The lowest BCUT2D eigenvalue weighted by atomic mass is 10.1. The van der Waals surface area contributed by atoms with Crippen LogP contribution < -0.4 is 10.6 Å². The molecule has 0 aliphatic carbocycles. The Morgan fingerprint density at radius 2 is 1.56 bits per heavy atom. The van der Waals surface area contributed by atoms with Crippen molar-refractivity contribution in [3.8, 4) is 0 Å². The maximum Gasteiger partial charge on any atom is 0.226 e. The van der Waals surface area contributed by atoms with E-state index in [2.05, 4.69) is 22.5 Å². The molecule has 4 nitrogen and oxygen atoms in total. The molecular weight excluding hydrogens is 330 g/mol. The lowest BCUT2D eigenvalue weighted by Crippen LogP contribution is -2.34. The molecule has 0 saturated carbocycles. The zero-order chi connectivity index (χ0) is 18.2. The summed E-state index contributed by atoms with van der Waals surface area (Å²) < 4.78 is 0. The Labute approximate surface area is 158 Å². The van der Waals surface area contributed by atoms with E-state index < -0.39 is 0 Å². The molecule has 0 unspecified atom stereocenters. The van der Waals surface area contributed by atoms with Crippen molar-refractivity contribution >= 4 is 29.1 Å². The molecule has 0 aliphatic heterocycles. The normalized spacial score (nSPS) is 10.4. The highest BCUT2D eigenvalue weighted by Crippen LogP contribution is 2.11. The third-order valence-electron chi connectivity index (χ3n) is 4.17. The van der Waals surface area contributed by atoms with Crippen molar-refractivity contribution in [1.82, 2.24) is 10.3 Å². The molecule has 140 valence electrons. The van der Waals surface area contributed by atoms with Crippen molar-refractivity contribution in [2.45, 2.75) is 84.0 Å². The summed E-state index contributed by atoms with van der Waals surface area (Å²) in [6.07, 6.45) is 16.3. The Bertz CT molecular complexity index is 479. The highest BCUT2D eigenvalue weighted by Gasteiger charge is 2.05. The topological polar surface area (TPSA) is 54.0 Å². The van der Waals surface area contributed by atoms with E-state index in [-0.39, 0.29) is 5.91 Å². The second-order valence-electron chi connectivity index (χ2n) is 6.50. The molecule has 0 aromatic carbocycles. The highest BCUT2D eigenvalue weighted by atomic mass is 32.1. The van der Waals surface area contributed by atoms with E-state index in [0.717, 1.165) is 12.8 Å². The minimum absolute atomic E-state index is 0.0237. The van der Waals surface area contributed by atoms with Gasteiger partial charge in [-0.15, -0.1) is 0 Å². The smallest absolute Gasteiger partial charge is 0.226 e. The van der Waals surface area contributed by atoms with E-state index in [1.807, 2.05) is 18.2 Å². The molecule has 1 rings (SSSR count). The molecule has 0 atom stereocenters. The minimum Gasteiger partial charge on any atom is -0.317 e. The van der Waals surface area contributed by atoms with Crippen molar-refractivity contribution < 1.29 is 4.79 Å². The van der Waals surface area contributed by atoms with Crippen molar-refractivity contribution in [2.24, 2.45) is 0 Å². The van der Waals surface area contributed by atoms with Gasteiger partial charge < -0.3 is 10.6 Å². The molecule has 1 amide bonds. The van der Waals surface area contributed by atoms with Crippen LogP contribution in [0.25, 0.3) is 0 Å². The third kappa shape index (κ3) is 12.5. The van der Waals surface area contributed by atoms with Gasteiger partial charge in [0.25, 0.3) is 0 Å². The van der Waals surface area contributed by atoms with Crippen LogP contribution >= 0.6 is 12.2 Å². The molecule has 0 spiro atoms. The second kappa shape index (κ2) is 14.8. The number of unbranched alkanes of at least 4 members (excludes halogenated alkanes) is 10. The number of aromatic nitrogens is 1. The Kier molecular flexibility index (Phi) is 12.8. The number of rotatable bonds is 13. The molecule has 1 heterocycles. The Morgan fingerprint density at radius 3 is 2.12 bits per heavy atom. The van der Waals surface area contributed by atoms with Gasteiger partial charge in [0.1, 0.15) is 5.82 Å². The maximum atomic E-state index is 11.8. The van der Waals surface area contributed by atoms with Crippen LogP contribution in [0.2, 0.25) is 0 Å². The fourth-order valence-electron chi connectivity index (χ4n) is 2.72. The van der Waals surface area contributed by atoms with Crippen LogP contribution in [-0.4, -0.2) is 16.0 Å². The molecule has 0 saturated heterocycles. The van der Waals surface area contributed by atoms with E-state index >= 15 is 0 Å². The molecule has 25 heavy (non-hydrogen) atoms. The van der Waals surface area contributed by atoms with Gasteiger partial charge >= 0.3 is 0 Å². The predicted molar refractivity (Wildman–Crippen MR) is 110 cm³/mol. The van der Waals surface area contributed by atoms with Crippen LogP contribution in [0.5, 0.6) is 0 Å². The molecule has 2 N–H and O–H groups in total. The lowest BCUT2D eigenvalue weighted by Gasteiger charge is -2.08. The molecule has 0 aliphatic rings. The largest absolute Gasteiger partial charge is 0.317 e. The van der Waals surface area contributed by atoms with Crippen molar-refractivity contribution in [3.63, 3.8) is 0 Å². The fourth-order valence-corrected chi connectivity index (χ4v) is 2.94. The average Bonchev–Trinajstić information content (AvgIpc) is 2.60. The summed E-state index contributed by atoms with van der Waals surface area (Å²) in [5, 5.41) is 5.92. The number of nitrogens with one attached hydrogen (secondary N) is 2. The number of pyridine rings is 1. The summed E-state index contributed by atoms with van der Waals surface area (Å²) in [6, 6.07) is 5.51. The number of thiocarbonyl (C=S) groups is 1.